The third-order valence-corrected chi connectivity index (χ3v) is 4.46. The van der Waals surface area contributed by atoms with E-state index in [4.69, 9.17) is 4.74 Å². The number of para-hydroxylation sites is 1. The van der Waals surface area contributed by atoms with Gasteiger partial charge in [-0.25, -0.2) is 4.98 Å². The van der Waals surface area contributed by atoms with Gasteiger partial charge < -0.3 is 15.4 Å². The molecule has 2 aromatic carbocycles. The van der Waals surface area contributed by atoms with Gasteiger partial charge in [-0.05, 0) is 49.1 Å². The van der Waals surface area contributed by atoms with Crippen molar-refractivity contribution in [3.05, 3.63) is 70.9 Å². The van der Waals surface area contributed by atoms with Gasteiger partial charge in [-0.1, -0.05) is 37.3 Å². The third-order valence-electron chi connectivity index (χ3n) is 4.46. The van der Waals surface area contributed by atoms with Crippen LogP contribution >= 0.6 is 0 Å². The maximum Gasteiger partial charge on any atom is 0.225 e. The number of ether oxygens (including phenoxy) is 1. The summed E-state index contributed by atoms with van der Waals surface area (Å²) in [6.07, 6.45) is 0.969. The number of anilines is 3. The van der Waals surface area contributed by atoms with Gasteiger partial charge in [0.25, 0.3) is 0 Å². The molecule has 0 saturated carbocycles. The molecule has 0 aliphatic heterocycles. The molecule has 0 spiro atoms. The summed E-state index contributed by atoms with van der Waals surface area (Å²) in [5, 5.41) is 6.78. The van der Waals surface area contributed by atoms with Crippen molar-refractivity contribution >= 4 is 17.5 Å². The Morgan fingerprint density at radius 1 is 1.00 bits per heavy atom. The van der Waals surface area contributed by atoms with E-state index in [1.54, 1.807) is 7.11 Å². The minimum absolute atomic E-state index is 0.611. The lowest BCUT2D eigenvalue weighted by Crippen LogP contribution is -2.07. The number of hydrogen-bond donors (Lipinski definition) is 2. The number of nitrogens with one attached hydrogen (secondary N) is 2. The second-order valence-corrected chi connectivity index (χ2v) is 6.51. The van der Waals surface area contributed by atoms with E-state index >= 15 is 0 Å². The monoisotopic (exact) mass is 362 g/mol. The smallest absolute Gasteiger partial charge is 0.225 e. The van der Waals surface area contributed by atoms with E-state index in [1.807, 2.05) is 37.3 Å². The zero-order valence-corrected chi connectivity index (χ0v) is 16.3. The zero-order valence-electron chi connectivity index (χ0n) is 16.3. The maximum absolute atomic E-state index is 5.20. The second-order valence-electron chi connectivity index (χ2n) is 6.51. The van der Waals surface area contributed by atoms with Gasteiger partial charge in [0.1, 0.15) is 11.6 Å². The van der Waals surface area contributed by atoms with E-state index in [9.17, 15) is 0 Å². The van der Waals surface area contributed by atoms with Gasteiger partial charge >= 0.3 is 0 Å². The summed E-state index contributed by atoms with van der Waals surface area (Å²) in [7, 11) is 1.67. The minimum Gasteiger partial charge on any atom is -0.497 e. The van der Waals surface area contributed by atoms with Crippen molar-refractivity contribution in [1.29, 1.82) is 0 Å². The van der Waals surface area contributed by atoms with Crippen LogP contribution in [0.2, 0.25) is 0 Å². The molecular formula is C22H26N4O. The van der Waals surface area contributed by atoms with Crippen LogP contribution in [0.3, 0.4) is 0 Å². The largest absolute Gasteiger partial charge is 0.497 e. The van der Waals surface area contributed by atoms with Crippen LogP contribution in [-0.2, 0) is 13.0 Å². The number of aromatic nitrogens is 2. The van der Waals surface area contributed by atoms with Crippen molar-refractivity contribution in [1.82, 2.24) is 9.97 Å². The van der Waals surface area contributed by atoms with Gasteiger partial charge in [-0.15, -0.1) is 0 Å². The van der Waals surface area contributed by atoms with Crippen LogP contribution in [0, 0.1) is 13.8 Å². The first-order valence-electron chi connectivity index (χ1n) is 9.17. The van der Waals surface area contributed by atoms with Crippen LogP contribution < -0.4 is 15.4 Å². The third kappa shape index (κ3) is 4.76. The Morgan fingerprint density at radius 2 is 1.78 bits per heavy atom. The number of nitrogens with zero attached hydrogens (tertiary/aromatic N) is 2. The van der Waals surface area contributed by atoms with Gasteiger partial charge in [0.2, 0.25) is 5.95 Å². The van der Waals surface area contributed by atoms with Crippen molar-refractivity contribution in [2.45, 2.75) is 33.7 Å². The predicted molar refractivity (Wildman–Crippen MR) is 111 cm³/mol. The number of methoxy groups -OCH3 is 1. The SMILES string of the molecule is CCc1cccc(C)c1Nc1cc(C)nc(NCc2ccc(OC)cc2)n1. The highest BCUT2D eigenvalue weighted by Gasteiger charge is 2.08. The molecule has 0 aliphatic rings. The average molecular weight is 362 g/mol. The molecule has 5 nitrogen and oxygen atoms in total. The van der Waals surface area contributed by atoms with Crippen LogP contribution in [0.15, 0.2) is 48.5 Å². The molecule has 0 aliphatic carbocycles. The summed E-state index contributed by atoms with van der Waals surface area (Å²) in [6.45, 7) is 6.90. The predicted octanol–water partition coefficient (Wildman–Crippen LogP) is 5.02. The average Bonchev–Trinajstić information content (AvgIpc) is 2.68. The molecule has 1 aromatic heterocycles. The molecule has 0 fully saturated rings. The Morgan fingerprint density at radius 3 is 2.48 bits per heavy atom. The molecule has 2 N–H and O–H groups in total. The Balaban J connectivity index is 1.76. The number of benzene rings is 2. The van der Waals surface area contributed by atoms with Crippen LogP contribution in [0.1, 0.15) is 29.3 Å². The summed E-state index contributed by atoms with van der Waals surface area (Å²) in [6, 6.07) is 16.3. The molecule has 0 atom stereocenters. The molecule has 140 valence electrons. The molecule has 5 heteroatoms. The summed E-state index contributed by atoms with van der Waals surface area (Å²) in [4.78, 5) is 9.14. The van der Waals surface area contributed by atoms with Crippen molar-refractivity contribution < 1.29 is 4.74 Å². The lowest BCUT2D eigenvalue weighted by Gasteiger charge is -2.15. The standard InChI is InChI=1S/C22H26N4O/c1-5-18-8-6-7-15(2)21(18)25-20-13-16(3)24-22(26-20)23-14-17-9-11-19(27-4)12-10-17/h6-13H,5,14H2,1-4H3,(H2,23,24,25,26). The fourth-order valence-electron chi connectivity index (χ4n) is 2.97. The van der Waals surface area contributed by atoms with Crippen LogP contribution in [0.5, 0.6) is 5.75 Å². The summed E-state index contributed by atoms with van der Waals surface area (Å²) in [5.41, 5.74) is 5.66. The molecule has 1 heterocycles. The van der Waals surface area contributed by atoms with Gasteiger partial charge in [0.05, 0.1) is 7.11 Å². The number of aryl methyl sites for hydroxylation is 3. The molecular weight excluding hydrogens is 336 g/mol. The highest BCUT2D eigenvalue weighted by atomic mass is 16.5. The van der Waals surface area contributed by atoms with E-state index in [1.165, 1.54) is 11.1 Å². The van der Waals surface area contributed by atoms with Crippen molar-refractivity contribution in [2.24, 2.45) is 0 Å². The van der Waals surface area contributed by atoms with E-state index < -0.39 is 0 Å². The Bertz CT molecular complexity index is 907. The Hall–Kier alpha value is -3.08. The topological polar surface area (TPSA) is 59.1 Å². The second kappa shape index (κ2) is 8.54. The van der Waals surface area contributed by atoms with E-state index in [-0.39, 0.29) is 0 Å². The molecule has 27 heavy (non-hydrogen) atoms. The van der Waals surface area contributed by atoms with Crippen molar-refractivity contribution in [2.75, 3.05) is 17.7 Å². The molecule has 0 unspecified atom stereocenters. The zero-order chi connectivity index (χ0) is 19.2. The Kier molecular flexibility index (Phi) is 5.91. The van der Waals surface area contributed by atoms with Gasteiger partial charge in [-0.3, -0.25) is 0 Å². The van der Waals surface area contributed by atoms with Crippen LogP contribution in [0.25, 0.3) is 0 Å². The van der Waals surface area contributed by atoms with Crippen LogP contribution in [0.4, 0.5) is 17.5 Å². The first-order valence-corrected chi connectivity index (χ1v) is 9.17. The van der Waals surface area contributed by atoms with E-state index in [2.05, 4.69) is 52.6 Å². The molecule has 0 bridgehead atoms. The van der Waals surface area contributed by atoms with E-state index in [0.29, 0.717) is 12.5 Å². The minimum atomic E-state index is 0.611. The van der Waals surface area contributed by atoms with Crippen molar-refractivity contribution in [3.63, 3.8) is 0 Å². The lowest BCUT2D eigenvalue weighted by atomic mass is 10.1. The van der Waals surface area contributed by atoms with Gasteiger partial charge in [0.15, 0.2) is 0 Å². The molecule has 0 radical (unpaired) electrons. The first-order chi connectivity index (χ1) is 13.1. The van der Waals surface area contributed by atoms with Crippen molar-refractivity contribution in [3.8, 4) is 5.75 Å². The molecule has 0 amide bonds. The summed E-state index contributed by atoms with van der Waals surface area (Å²) >= 11 is 0. The molecule has 3 aromatic rings. The normalized spacial score (nSPS) is 10.5. The highest BCUT2D eigenvalue weighted by molar-refractivity contribution is 5.65. The fourth-order valence-corrected chi connectivity index (χ4v) is 2.97. The maximum atomic E-state index is 5.20. The first kappa shape index (κ1) is 18.7. The van der Waals surface area contributed by atoms with Crippen LogP contribution in [-0.4, -0.2) is 17.1 Å². The van der Waals surface area contributed by atoms with Gasteiger partial charge in [0, 0.05) is 24.0 Å². The van der Waals surface area contributed by atoms with Gasteiger partial charge in [-0.2, -0.15) is 4.98 Å². The summed E-state index contributed by atoms with van der Waals surface area (Å²) < 4.78 is 5.20. The lowest BCUT2D eigenvalue weighted by molar-refractivity contribution is 0.414. The van der Waals surface area contributed by atoms with E-state index in [0.717, 1.165) is 34.9 Å². The fraction of sp³-hybridized carbons (Fsp3) is 0.273. The summed E-state index contributed by atoms with van der Waals surface area (Å²) in [5.74, 6) is 2.26. The molecule has 0 saturated heterocycles. The highest BCUT2D eigenvalue weighted by Crippen LogP contribution is 2.25. The number of hydrogen-bond acceptors (Lipinski definition) is 5. The number of rotatable bonds is 7. The molecule has 3 rings (SSSR count). The quantitative estimate of drug-likeness (QED) is 0.618. The Labute approximate surface area is 160 Å².